The molecule has 0 aliphatic heterocycles. The molecule has 0 fully saturated rings. The maximum Gasteiger partial charge on any atom is 0.200 e. The number of hydrogen-bond donors (Lipinski definition) is 1. The largest absolute Gasteiger partial charge is 0.295 e. The van der Waals surface area contributed by atoms with Crippen molar-refractivity contribution in [1.29, 1.82) is 0 Å². The second-order valence-corrected chi connectivity index (χ2v) is 8.38. The van der Waals surface area contributed by atoms with E-state index in [9.17, 15) is 4.57 Å². The fourth-order valence-corrected chi connectivity index (χ4v) is 4.91. The van der Waals surface area contributed by atoms with Crippen LogP contribution in [-0.4, -0.2) is 18.5 Å². The molecule has 0 aromatic rings. The maximum atomic E-state index is 11.8. The van der Waals surface area contributed by atoms with Gasteiger partial charge in [-0.15, -0.1) is 0 Å². The van der Waals surface area contributed by atoms with Gasteiger partial charge in [0.15, 0.2) is 0 Å². The summed E-state index contributed by atoms with van der Waals surface area (Å²) in [6.45, 7) is 4.11. The second kappa shape index (κ2) is 5.23. The lowest BCUT2D eigenvalue weighted by Gasteiger charge is -2.17. The SMILES string of the molecule is CCC(C)SP(=O)(CC)NC. The lowest BCUT2D eigenvalue weighted by Crippen LogP contribution is -2.05. The third kappa shape index (κ3) is 4.19. The summed E-state index contributed by atoms with van der Waals surface area (Å²) in [4.78, 5) is 0. The standard InChI is InChI=1S/C7H18NOPS/c1-5-7(3)11-10(9,6-2)8-4/h7H,5-6H2,1-4H3,(H,8,9). The third-order valence-corrected chi connectivity index (χ3v) is 7.65. The summed E-state index contributed by atoms with van der Waals surface area (Å²) in [7, 11) is 1.78. The van der Waals surface area contributed by atoms with Gasteiger partial charge in [0.2, 0.25) is 6.49 Å². The molecule has 11 heavy (non-hydrogen) atoms. The Morgan fingerprint density at radius 2 is 2.09 bits per heavy atom. The molecule has 2 atom stereocenters. The second-order valence-electron chi connectivity index (χ2n) is 2.54. The van der Waals surface area contributed by atoms with Gasteiger partial charge in [0.05, 0.1) is 0 Å². The van der Waals surface area contributed by atoms with Crippen molar-refractivity contribution in [3.8, 4) is 0 Å². The van der Waals surface area contributed by atoms with Gasteiger partial charge in [-0.3, -0.25) is 9.65 Å². The van der Waals surface area contributed by atoms with Crippen LogP contribution in [-0.2, 0) is 4.57 Å². The van der Waals surface area contributed by atoms with E-state index < -0.39 is 6.49 Å². The van der Waals surface area contributed by atoms with E-state index in [4.69, 9.17) is 0 Å². The molecule has 0 saturated carbocycles. The average molecular weight is 195 g/mol. The molecule has 4 heteroatoms. The summed E-state index contributed by atoms with van der Waals surface area (Å²) in [5.41, 5.74) is 0. The predicted molar refractivity (Wildman–Crippen MR) is 54.6 cm³/mol. The van der Waals surface area contributed by atoms with Crippen LogP contribution in [0.4, 0.5) is 0 Å². The van der Waals surface area contributed by atoms with E-state index in [1.807, 2.05) is 6.92 Å². The lowest BCUT2D eigenvalue weighted by molar-refractivity contribution is 0.580. The van der Waals surface area contributed by atoms with Crippen LogP contribution in [0.2, 0.25) is 0 Å². The summed E-state index contributed by atoms with van der Waals surface area (Å²) < 4.78 is 11.8. The van der Waals surface area contributed by atoms with Crippen LogP contribution in [0.15, 0.2) is 0 Å². The Morgan fingerprint density at radius 3 is 2.36 bits per heavy atom. The fourth-order valence-electron chi connectivity index (χ4n) is 0.651. The first-order valence-corrected chi connectivity index (χ1v) is 7.42. The monoisotopic (exact) mass is 195 g/mol. The third-order valence-electron chi connectivity index (χ3n) is 1.68. The van der Waals surface area contributed by atoms with Gasteiger partial charge in [-0.2, -0.15) is 0 Å². The molecule has 0 rings (SSSR count). The Morgan fingerprint density at radius 1 is 1.55 bits per heavy atom. The first kappa shape index (κ1) is 11.5. The van der Waals surface area contributed by atoms with Gasteiger partial charge >= 0.3 is 0 Å². The first-order valence-electron chi connectivity index (χ1n) is 4.04. The number of hydrogen-bond acceptors (Lipinski definition) is 2. The summed E-state index contributed by atoms with van der Waals surface area (Å²) in [5.74, 6) is 0. The smallest absolute Gasteiger partial charge is 0.200 e. The molecule has 2 unspecified atom stereocenters. The zero-order chi connectivity index (χ0) is 8.91. The van der Waals surface area contributed by atoms with E-state index in [1.165, 1.54) is 0 Å². The van der Waals surface area contributed by atoms with Crippen molar-refractivity contribution in [2.24, 2.45) is 0 Å². The van der Waals surface area contributed by atoms with Crippen molar-refractivity contribution in [3.05, 3.63) is 0 Å². The van der Waals surface area contributed by atoms with Crippen LogP contribution < -0.4 is 5.09 Å². The maximum absolute atomic E-state index is 11.8. The van der Waals surface area contributed by atoms with Gasteiger partial charge in [0, 0.05) is 11.4 Å². The van der Waals surface area contributed by atoms with Crippen molar-refractivity contribution in [3.63, 3.8) is 0 Å². The molecule has 2 nitrogen and oxygen atoms in total. The zero-order valence-electron chi connectivity index (χ0n) is 7.76. The van der Waals surface area contributed by atoms with Gasteiger partial charge < -0.3 is 0 Å². The Balaban J connectivity index is 3.97. The van der Waals surface area contributed by atoms with Crippen LogP contribution >= 0.6 is 17.9 Å². The van der Waals surface area contributed by atoms with Crippen molar-refractivity contribution in [1.82, 2.24) is 5.09 Å². The highest BCUT2D eigenvalue weighted by Gasteiger charge is 2.19. The van der Waals surface area contributed by atoms with Crippen molar-refractivity contribution in [2.45, 2.75) is 32.4 Å². The molecule has 0 amide bonds. The highest BCUT2D eigenvalue weighted by Crippen LogP contribution is 2.56. The predicted octanol–water partition coefficient (Wildman–Crippen LogP) is 2.95. The molecule has 0 saturated heterocycles. The topological polar surface area (TPSA) is 29.1 Å². The molecule has 0 radical (unpaired) electrons. The summed E-state index contributed by atoms with van der Waals surface area (Å²) in [6.07, 6.45) is 1.81. The summed E-state index contributed by atoms with van der Waals surface area (Å²) in [6, 6.07) is 0. The van der Waals surface area contributed by atoms with Crippen molar-refractivity contribution >= 4 is 17.9 Å². The molecule has 0 aromatic carbocycles. The van der Waals surface area contributed by atoms with E-state index in [2.05, 4.69) is 18.9 Å². The van der Waals surface area contributed by atoms with E-state index in [1.54, 1.807) is 18.4 Å². The van der Waals surface area contributed by atoms with E-state index in [-0.39, 0.29) is 0 Å². The highest BCUT2D eigenvalue weighted by molar-refractivity contribution is 8.57. The van der Waals surface area contributed by atoms with E-state index in [0.29, 0.717) is 5.25 Å². The molecule has 0 bridgehead atoms. The Hall–Kier alpha value is 0.540. The minimum Gasteiger partial charge on any atom is -0.295 e. The molecule has 0 aliphatic rings. The fraction of sp³-hybridized carbons (Fsp3) is 1.00. The van der Waals surface area contributed by atoms with Gasteiger partial charge in [0.25, 0.3) is 0 Å². The molecule has 0 spiro atoms. The van der Waals surface area contributed by atoms with Gasteiger partial charge in [-0.05, 0) is 13.5 Å². The lowest BCUT2D eigenvalue weighted by atomic mass is 10.4. The average Bonchev–Trinajstić information content (AvgIpc) is 2.04. The van der Waals surface area contributed by atoms with Gasteiger partial charge in [0.1, 0.15) is 0 Å². The molecular weight excluding hydrogens is 177 g/mol. The molecule has 68 valence electrons. The number of rotatable bonds is 5. The van der Waals surface area contributed by atoms with Crippen LogP contribution in [0.25, 0.3) is 0 Å². The van der Waals surface area contributed by atoms with E-state index in [0.717, 1.165) is 12.6 Å². The normalized spacial score (nSPS) is 19.3. The summed E-state index contributed by atoms with van der Waals surface area (Å²) in [5, 5.41) is 3.41. The molecule has 0 heterocycles. The minimum atomic E-state index is -2.09. The van der Waals surface area contributed by atoms with Crippen LogP contribution in [0.1, 0.15) is 27.2 Å². The molecular formula is C7H18NOPS. The molecule has 0 aliphatic carbocycles. The van der Waals surface area contributed by atoms with Crippen molar-refractivity contribution in [2.75, 3.05) is 13.2 Å². The minimum absolute atomic E-state index is 0.494. The van der Waals surface area contributed by atoms with Crippen LogP contribution in [0, 0.1) is 0 Å². The highest BCUT2D eigenvalue weighted by atomic mass is 32.7. The quantitative estimate of drug-likeness (QED) is 0.684. The summed E-state index contributed by atoms with van der Waals surface area (Å²) >= 11 is 1.59. The Bertz CT molecular complexity index is 143. The number of nitrogens with one attached hydrogen (secondary N) is 1. The first-order chi connectivity index (χ1) is 5.08. The molecule has 0 aromatic heterocycles. The molecule has 1 N–H and O–H groups in total. The van der Waals surface area contributed by atoms with E-state index >= 15 is 0 Å². The zero-order valence-corrected chi connectivity index (χ0v) is 9.47. The van der Waals surface area contributed by atoms with Crippen LogP contribution in [0.3, 0.4) is 0 Å². The Kier molecular flexibility index (Phi) is 5.49. The van der Waals surface area contributed by atoms with Crippen molar-refractivity contribution < 1.29 is 4.57 Å². The Labute approximate surface area is 73.7 Å². The van der Waals surface area contributed by atoms with Gasteiger partial charge in [-0.1, -0.05) is 32.2 Å². The van der Waals surface area contributed by atoms with Crippen LogP contribution in [0.5, 0.6) is 0 Å². The van der Waals surface area contributed by atoms with Gasteiger partial charge in [-0.25, -0.2) is 0 Å².